The van der Waals surface area contributed by atoms with Gasteiger partial charge in [-0.05, 0) is 37.5 Å². The maximum absolute atomic E-state index is 12.3. The fraction of sp³-hybridized carbons (Fsp3) is 0.944. The molecule has 2 amide bonds. The van der Waals surface area contributed by atoms with Crippen molar-refractivity contribution < 1.29 is 14.3 Å². The van der Waals surface area contributed by atoms with E-state index in [-0.39, 0.29) is 6.03 Å². The molecular formula is C18H32N2O3. The highest BCUT2D eigenvalue weighted by Crippen LogP contribution is 2.43. The lowest BCUT2D eigenvalue weighted by atomic mass is 9.73. The monoisotopic (exact) mass is 324 g/mol. The van der Waals surface area contributed by atoms with Crippen LogP contribution >= 0.6 is 0 Å². The van der Waals surface area contributed by atoms with Crippen molar-refractivity contribution in [2.24, 2.45) is 11.3 Å². The van der Waals surface area contributed by atoms with Gasteiger partial charge in [0.1, 0.15) is 0 Å². The number of rotatable bonds is 6. The molecule has 1 spiro atoms. The minimum absolute atomic E-state index is 0.122. The molecule has 2 aliphatic heterocycles. The first-order valence-corrected chi connectivity index (χ1v) is 9.46. The summed E-state index contributed by atoms with van der Waals surface area (Å²) in [6.07, 6.45) is 9.91. The summed E-state index contributed by atoms with van der Waals surface area (Å²) in [5, 5.41) is 3.06. The maximum atomic E-state index is 12.3. The molecule has 3 fully saturated rings. The molecule has 1 saturated carbocycles. The third-order valence-corrected chi connectivity index (χ3v) is 5.76. The summed E-state index contributed by atoms with van der Waals surface area (Å²) in [5.41, 5.74) is 0.446. The lowest BCUT2D eigenvalue weighted by molar-refractivity contribution is 0.0883. The number of nitrogens with one attached hydrogen (secondary N) is 1. The van der Waals surface area contributed by atoms with Crippen LogP contribution in [0.5, 0.6) is 0 Å². The highest BCUT2D eigenvalue weighted by molar-refractivity contribution is 5.74. The van der Waals surface area contributed by atoms with E-state index in [1.807, 2.05) is 4.90 Å². The number of carbonyl (C=O) groups is 1. The predicted octanol–water partition coefficient (Wildman–Crippen LogP) is 2.80. The van der Waals surface area contributed by atoms with Crippen molar-refractivity contribution in [2.75, 3.05) is 46.1 Å². The van der Waals surface area contributed by atoms with E-state index in [9.17, 15) is 4.79 Å². The van der Waals surface area contributed by atoms with Crippen LogP contribution in [0.25, 0.3) is 0 Å². The fourth-order valence-electron chi connectivity index (χ4n) is 4.26. The topological polar surface area (TPSA) is 50.8 Å². The molecule has 1 N–H and O–H groups in total. The van der Waals surface area contributed by atoms with Gasteiger partial charge in [-0.15, -0.1) is 0 Å². The van der Waals surface area contributed by atoms with Crippen LogP contribution in [-0.4, -0.2) is 57.0 Å². The largest absolute Gasteiger partial charge is 0.381 e. The van der Waals surface area contributed by atoms with Crippen LogP contribution < -0.4 is 5.32 Å². The van der Waals surface area contributed by atoms with Gasteiger partial charge in [-0.2, -0.15) is 0 Å². The van der Waals surface area contributed by atoms with Gasteiger partial charge < -0.3 is 19.7 Å². The highest BCUT2D eigenvalue weighted by atomic mass is 16.5. The van der Waals surface area contributed by atoms with Gasteiger partial charge >= 0.3 is 6.03 Å². The maximum Gasteiger partial charge on any atom is 0.317 e. The number of hydrogen-bond donors (Lipinski definition) is 1. The zero-order chi connectivity index (χ0) is 16.0. The van der Waals surface area contributed by atoms with Crippen molar-refractivity contribution in [3.8, 4) is 0 Å². The third-order valence-electron chi connectivity index (χ3n) is 5.76. The van der Waals surface area contributed by atoms with Gasteiger partial charge in [0, 0.05) is 38.8 Å². The van der Waals surface area contributed by atoms with E-state index in [1.54, 1.807) is 0 Å². The number of likely N-dealkylation sites (tertiary alicyclic amines) is 1. The quantitative estimate of drug-likeness (QED) is 0.764. The smallest absolute Gasteiger partial charge is 0.317 e. The molecule has 1 atom stereocenters. The summed E-state index contributed by atoms with van der Waals surface area (Å²) in [4.78, 5) is 14.3. The molecular weight excluding hydrogens is 292 g/mol. The SMILES string of the molecule is O=C(NCCCOC[C@@H]1CCOC1)N1CCC2(CCCCC2)C1. The summed E-state index contributed by atoms with van der Waals surface area (Å²) >= 11 is 0. The predicted molar refractivity (Wildman–Crippen MR) is 89.5 cm³/mol. The standard InChI is InChI=1S/C18H32N2O3/c21-17(19-9-4-11-22-13-16-5-12-23-14-16)20-10-8-18(15-20)6-2-1-3-7-18/h16H,1-15H2,(H,19,21)/t16-/m0/s1. The molecule has 3 aliphatic rings. The van der Waals surface area contributed by atoms with Crippen LogP contribution in [0, 0.1) is 11.3 Å². The summed E-state index contributed by atoms with van der Waals surface area (Å²) in [7, 11) is 0. The Bertz CT molecular complexity index is 376. The number of hydrogen-bond acceptors (Lipinski definition) is 3. The molecule has 0 aromatic heterocycles. The molecule has 0 radical (unpaired) electrons. The fourth-order valence-corrected chi connectivity index (χ4v) is 4.26. The first kappa shape index (κ1) is 17.0. The molecule has 0 aromatic carbocycles. The minimum atomic E-state index is 0.122. The van der Waals surface area contributed by atoms with Crippen molar-refractivity contribution in [3.63, 3.8) is 0 Å². The van der Waals surface area contributed by atoms with Crippen LogP contribution in [0.4, 0.5) is 4.79 Å². The number of ether oxygens (including phenoxy) is 2. The van der Waals surface area contributed by atoms with Crippen molar-refractivity contribution in [1.82, 2.24) is 10.2 Å². The molecule has 23 heavy (non-hydrogen) atoms. The molecule has 0 unspecified atom stereocenters. The van der Waals surface area contributed by atoms with E-state index >= 15 is 0 Å². The number of nitrogens with zero attached hydrogens (tertiary/aromatic N) is 1. The van der Waals surface area contributed by atoms with E-state index in [0.29, 0.717) is 17.9 Å². The molecule has 5 heteroatoms. The van der Waals surface area contributed by atoms with Crippen molar-refractivity contribution >= 4 is 6.03 Å². The van der Waals surface area contributed by atoms with Gasteiger partial charge in [0.25, 0.3) is 0 Å². The van der Waals surface area contributed by atoms with Crippen molar-refractivity contribution in [1.29, 1.82) is 0 Å². The third kappa shape index (κ3) is 4.83. The second-order valence-corrected chi connectivity index (χ2v) is 7.62. The Morgan fingerprint density at radius 2 is 2.13 bits per heavy atom. The Kier molecular flexibility index (Phi) is 6.17. The summed E-state index contributed by atoms with van der Waals surface area (Å²) in [5.74, 6) is 0.570. The van der Waals surface area contributed by atoms with Crippen LogP contribution in [0.3, 0.4) is 0 Å². The Labute approximate surface area is 140 Å². The molecule has 3 rings (SSSR count). The van der Waals surface area contributed by atoms with E-state index < -0.39 is 0 Å². The van der Waals surface area contributed by atoms with E-state index in [4.69, 9.17) is 9.47 Å². The first-order chi connectivity index (χ1) is 11.3. The van der Waals surface area contributed by atoms with Gasteiger partial charge in [0.15, 0.2) is 0 Å². The summed E-state index contributed by atoms with van der Waals surface area (Å²) in [6.45, 7) is 5.85. The van der Waals surface area contributed by atoms with Gasteiger partial charge in [-0.1, -0.05) is 19.3 Å². The molecule has 2 saturated heterocycles. The molecule has 5 nitrogen and oxygen atoms in total. The highest BCUT2D eigenvalue weighted by Gasteiger charge is 2.40. The second-order valence-electron chi connectivity index (χ2n) is 7.62. The minimum Gasteiger partial charge on any atom is -0.381 e. The summed E-state index contributed by atoms with van der Waals surface area (Å²) in [6, 6.07) is 0.122. The van der Waals surface area contributed by atoms with E-state index in [0.717, 1.165) is 52.4 Å². The van der Waals surface area contributed by atoms with Gasteiger partial charge in [-0.3, -0.25) is 0 Å². The summed E-state index contributed by atoms with van der Waals surface area (Å²) < 4.78 is 11.0. The molecule has 0 aromatic rings. The van der Waals surface area contributed by atoms with Gasteiger partial charge in [0.2, 0.25) is 0 Å². The van der Waals surface area contributed by atoms with Crippen molar-refractivity contribution in [2.45, 2.75) is 51.4 Å². The number of amides is 2. The van der Waals surface area contributed by atoms with E-state index in [1.165, 1.54) is 38.5 Å². The van der Waals surface area contributed by atoms with Crippen LogP contribution in [-0.2, 0) is 9.47 Å². The normalized spacial score (nSPS) is 26.8. The first-order valence-electron chi connectivity index (χ1n) is 9.46. The zero-order valence-electron chi connectivity index (χ0n) is 14.4. The Morgan fingerprint density at radius 3 is 2.91 bits per heavy atom. The van der Waals surface area contributed by atoms with E-state index in [2.05, 4.69) is 5.32 Å². The van der Waals surface area contributed by atoms with Crippen LogP contribution in [0.1, 0.15) is 51.4 Å². The Morgan fingerprint density at radius 1 is 1.26 bits per heavy atom. The average Bonchev–Trinajstić information content (AvgIpc) is 3.22. The lowest BCUT2D eigenvalue weighted by Gasteiger charge is -2.33. The van der Waals surface area contributed by atoms with Crippen LogP contribution in [0.2, 0.25) is 0 Å². The zero-order valence-corrected chi connectivity index (χ0v) is 14.4. The molecule has 2 heterocycles. The average molecular weight is 324 g/mol. The Hall–Kier alpha value is -0.810. The Balaban J connectivity index is 1.25. The molecule has 132 valence electrons. The second kappa shape index (κ2) is 8.34. The number of urea groups is 1. The van der Waals surface area contributed by atoms with Crippen LogP contribution in [0.15, 0.2) is 0 Å². The molecule has 0 bridgehead atoms. The molecule has 1 aliphatic carbocycles. The number of carbonyl (C=O) groups excluding carboxylic acids is 1. The van der Waals surface area contributed by atoms with Gasteiger partial charge in [0.05, 0.1) is 13.2 Å². The van der Waals surface area contributed by atoms with Crippen molar-refractivity contribution in [3.05, 3.63) is 0 Å². The lowest BCUT2D eigenvalue weighted by Crippen LogP contribution is -2.40. The van der Waals surface area contributed by atoms with Gasteiger partial charge in [-0.25, -0.2) is 4.79 Å².